The fourth-order valence-corrected chi connectivity index (χ4v) is 4.92. The Labute approximate surface area is 220 Å². The molecule has 7 heteroatoms. The summed E-state index contributed by atoms with van der Waals surface area (Å²) in [4.78, 5) is 27.3. The summed E-state index contributed by atoms with van der Waals surface area (Å²) in [5, 5.41) is 7.00. The fraction of sp³-hybridized carbons (Fsp3) is 0.467. The van der Waals surface area contributed by atoms with Gasteiger partial charge in [-0.25, -0.2) is 4.79 Å². The topological polar surface area (TPSA) is 75.6 Å². The number of carbonyl (C=O) groups excluding carboxylic acids is 2. The Morgan fingerprint density at radius 1 is 1.00 bits per heavy atom. The molecule has 3 aromatic rings. The zero-order chi connectivity index (χ0) is 26.3. The van der Waals surface area contributed by atoms with Crippen molar-refractivity contribution in [1.29, 1.82) is 0 Å². The number of fused-ring (bicyclic) bond motifs is 1. The number of hydrogen-bond donors (Lipinski definition) is 2. The van der Waals surface area contributed by atoms with Crippen LogP contribution in [0.2, 0.25) is 0 Å². The van der Waals surface area contributed by atoms with Gasteiger partial charge >= 0.3 is 6.09 Å². The summed E-state index contributed by atoms with van der Waals surface area (Å²) < 4.78 is 7.47. The van der Waals surface area contributed by atoms with Crippen LogP contribution in [0.3, 0.4) is 0 Å². The third-order valence-electron chi connectivity index (χ3n) is 6.72. The number of benzene rings is 2. The van der Waals surface area contributed by atoms with E-state index in [-0.39, 0.29) is 12.0 Å². The van der Waals surface area contributed by atoms with Crippen LogP contribution in [0.1, 0.15) is 56.0 Å². The summed E-state index contributed by atoms with van der Waals surface area (Å²) in [6, 6.07) is 18.4. The van der Waals surface area contributed by atoms with Crippen molar-refractivity contribution in [3.63, 3.8) is 0 Å². The van der Waals surface area contributed by atoms with Crippen molar-refractivity contribution < 1.29 is 14.3 Å². The van der Waals surface area contributed by atoms with Gasteiger partial charge < -0.3 is 24.8 Å². The van der Waals surface area contributed by atoms with Gasteiger partial charge in [0, 0.05) is 43.3 Å². The van der Waals surface area contributed by atoms with Gasteiger partial charge in [-0.05, 0) is 70.7 Å². The van der Waals surface area contributed by atoms with Crippen LogP contribution in [0, 0.1) is 5.92 Å². The summed E-state index contributed by atoms with van der Waals surface area (Å²) in [7, 11) is 0. The van der Waals surface area contributed by atoms with Gasteiger partial charge in [0.1, 0.15) is 5.60 Å². The lowest BCUT2D eigenvalue weighted by Gasteiger charge is -2.21. The van der Waals surface area contributed by atoms with Gasteiger partial charge in [0.05, 0.1) is 5.56 Å². The zero-order valence-corrected chi connectivity index (χ0v) is 22.3. The molecule has 37 heavy (non-hydrogen) atoms. The number of rotatable bonds is 10. The summed E-state index contributed by atoms with van der Waals surface area (Å²) in [6.45, 7) is 10.7. The van der Waals surface area contributed by atoms with Crippen molar-refractivity contribution in [2.75, 3.05) is 32.7 Å². The molecule has 2 aromatic carbocycles. The number of nitrogens with one attached hydrogen (secondary N) is 2. The maximum atomic E-state index is 13.0. The number of ether oxygens (including phenoxy) is 1. The Morgan fingerprint density at radius 2 is 1.76 bits per heavy atom. The molecule has 4 rings (SSSR count). The highest BCUT2D eigenvalue weighted by atomic mass is 16.6. The molecule has 1 aliphatic heterocycles. The normalized spacial score (nSPS) is 16.1. The molecule has 2 N–H and O–H groups in total. The Balaban J connectivity index is 1.19. The third kappa shape index (κ3) is 7.83. The fourth-order valence-electron chi connectivity index (χ4n) is 4.92. The number of carbonyl (C=O) groups is 2. The van der Waals surface area contributed by atoms with E-state index in [4.69, 9.17) is 4.74 Å². The van der Waals surface area contributed by atoms with Gasteiger partial charge in [0.15, 0.2) is 0 Å². The van der Waals surface area contributed by atoms with Gasteiger partial charge in [-0.15, -0.1) is 0 Å². The Morgan fingerprint density at radius 3 is 2.54 bits per heavy atom. The number of para-hydroxylation sites is 1. The first-order valence-corrected chi connectivity index (χ1v) is 13.4. The molecular formula is C30H40N4O3. The molecular weight excluding hydrogens is 464 g/mol. The molecule has 1 atom stereocenters. The van der Waals surface area contributed by atoms with E-state index in [9.17, 15) is 9.59 Å². The van der Waals surface area contributed by atoms with Gasteiger partial charge in [0.2, 0.25) is 0 Å². The second kappa shape index (κ2) is 12.3. The van der Waals surface area contributed by atoms with Crippen molar-refractivity contribution in [3.05, 3.63) is 71.9 Å². The Kier molecular flexibility index (Phi) is 8.87. The van der Waals surface area contributed by atoms with Crippen LogP contribution < -0.4 is 10.6 Å². The molecule has 1 aromatic heterocycles. The van der Waals surface area contributed by atoms with Crippen molar-refractivity contribution in [1.82, 2.24) is 20.1 Å². The first kappa shape index (κ1) is 26.7. The lowest BCUT2D eigenvalue weighted by atomic mass is 10.1. The molecule has 0 bridgehead atoms. The third-order valence-corrected chi connectivity index (χ3v) is 6.72. The molecule has 1 saturated heterocycles. The van der Waals surface area contributed by atoms with E-state index >= 15 is 0 Å². The first-order valence-electron chi connectivity index (χ1n) is 13.4. The molecule has 1 fully saturated rings. The van der Waals surface area contributed by atoms with Crippen LogP contribution in [0.4, 0.5) is 4.79 Å². The average Bonchev–Trinajstić information content (AvgIpc) is 3.47. The Hall–Kier alpha value is -3.32. The van der Waals surface area contributed by atoms with E-state index in [1.807, 2.05) is 63.4 Å². The van der Waals surface area contributed by atoms with Crippen molar-refractivity contribution in [3.8, 4) is 0 Å². The summed E-state index contributed by atoms with van der Waals surface area (Å²) in [5.41, 5.74) is 2.54. The van der Waals surface area contributed by atoms with Crippen LogP contribution in [0.25, 0.3) is 10.9 Å². The summed E-state index contributed by atoms with van der Waals surface area (Å²) in [5.74, 6) is 0.442. The first-order chi connectivity index (χ1) is 17.8. The summed E-state index contributed by atoms with van der Waals surface area (Å²) in [6.07, 6.45) is 4.68. The molecule has 7 nitrogen and oxygen atoms in total. The number of unbranched alkanes of at least 4 members (excludes halogenated alkanes) is 1. The molecule has 2 amide bonds. The zero-order valence-electron chi connectivity index (χ0n) is 22.3. The minimum absolute atomic E-state index is 0.0162. The highest BCUT2D eigenvalue weighted by Crippen LogP contribution is 2.23. The van der Waals surface area contributed by atoms with Gasteiger partial charge in [-0.2, -0.15) is 0 Å². The van der Waals surface area contributed by atoms with Crippen LogP contribution in [-0.2, 0) is 11.3 Å². The molecule has 198 valence electrons. The van der Waals surface area contributed by atoms with Gasteiger partial charge in [-0.1, -0.05) is 48.5 Å². The molecule has 0 unspecified atom stereocenters. The van der Waals surface area contributed by atoms with Crippen LogP contribution in [-0.4, -0.2) is 59.8 Å². The highest BCUT2D eigenvalue weighted by molar-refractivity contribution is 6.07. The standard InChI is InChI=1S/C30H40N4O3/c1-30(2,3)37-29(36)32-19-24-15-18-33(20-24)17-10-9-16-31-28(35)26-22-34(21-23-11-5-4-6-12-23)27-14-8-7-13-25(26)27/h4-8,11-14,22,24H,9-10,15-21H2,1-3H3,(H,31,35)(H,32,36)/t24-/m1/s1. The minimum atomic E-state index is -0.472. The smallest absolute Gasteiger partial charge is 0.407 e. The molecule has 0 saturated carbocycles. The average molecular weight is 505 g/mol. The second-order valence-electron chi connectivity index (χ2n) is 11.0. The number of nitrogens with zero attached hydrogens (tertiary/aromatic N) is 2. The maximum absolute atomic E-state index is 13.0. The van der Waals surface area contributed by atoms with Crippen LogP contribution in [0.5, 0.6) is 0 Å². The van der Waals surface area contributed by atoms with Crippen LogP contribution in [0.15, 0.2) is 60.8 Å². The van der Waals surface area contributed by atoms with Crippen LogP contribution >= 0.6 is 0 Å². The number of hydrogen-bond acceptors (Lipinski definition) is 4. The maximum Gasteiger partial charge on any atom is 0.407 e. The SMILES string of the molecule is CC(C)(C)OC(=O)NC[C@H]1CCN(CCCCNC(=O)c2cn(Cc3ccccc3)c3ccccc23)C1. The summed E-state index contributed by atoms with van der Waals surface area (Å²) >= 11 is 0. The molecule has 0 radical (unpaired) electrons. The van der Waals surface area contributed by atoms with Crippen molar-refractivity contribution in [2.45, 2.75) is 52.2 Å². The predicted octanol–water partition coefficient (Wildman–Crippen LogP) is 5.05. The number of aromatic nitrogens is 1. The number of amides is 2. The lowest BCUT2D eigenvalue weighted by molar-refractivity contribution is 0.0519. The molecule has 2 heterocycles. The Bertz CT molecular complexity index is 1180. The van der Waals surface area contributed by atoms with E-state index in [0.717, 1.165) is 61.9 Å². The van der Waals surface area contributed by atoms with E-state index in [1.54, 1.807) is 0 Å². The quantitative estimate of drug-likeness (QED) is 0.379. The van der Waals surface area contributed by atoms with Gasteiger partial charge in [-0.3, -0.25) is 4.79 Å². The highest BCUT2D eigenvalue weighted by Gasteiger charge is 2.23. The second-order valence-corrected chi connectivity index (χ2v) is 11.0. The number of alkyl carbamates (subject to hydrolysis) is 1. The van der Waals surface area contributed by atoms with E-state index < -0.39 is 5.60 Å². The van der Waals surface area contributed by atoms with Crippen molar-refractivity contribution >= 4 is 22.9 Å². The van der Waals surface area contributed by atoms with E-state index in [2.05, 4.69) is 38.3 Å². The van der Waals surface area contributed by atoms with Crippen molar-refractivity contribution in [2.24, 2.45) is 5.92 Å². The van der Waals surface area contributed by atoms with Gasteiger partial charge in [0.25, 0.3) is 5.91 Å². The largest absolute Gasteiger partial charge is 0.444 e. The van der Waals surface area contributed by atoms with E-state index in [1.165, 1.54) is 5.56 Å². The molecule has 1 aliphatic rings. The molecule has 0 aliphatic carbocycles. The monoisotopic (exact) mass is 504 g/mol. The molecule has 0 spiro atoms. The minimum Gasteiger partial charge on any atom is -0.444 e. The van der Waals surface area contributed by atoms with E-state index in [0.29, 0.717) is 19.0 Å². The lowest BCUT2D eigenvalue weighted by Crippen LogP contribution is -2.36. The predicted molar refractivity (Wildman–Crippen MR) is 148 cm³/mol. The number of likely N-dealkylation sites (tertiary alicyclic amines) is 1.